The van der Waals surface area contributed by atoms with Crippen molar-refractivity contribution in [2.24, 2.45) is 0 Å². The van der Waals surface area contributed by atoms with Crippen molar-refractivity contribution in [3.05, 3.63) is 62.6 Å². The summed E-state index contributed by atoms with van der Waals surface area (Å²) in [5.41, 5.74) is 2.55. The van der Waals surface area contributed by atoms with Gasteiger partial charge in [0, 0.05) is 5.02 Å². The Kier molecular flexibility index (Phi) is 4.50. The molecule has 100 valence electrons. The predicted molar refractivity (Wildman–Crippen MR) is 80.9 cm³/mol. The standard InChI is InChI=1S/C15H14BrClO2/c1-9-3-4-11(8-13(9)17)15(18)10-5-6-14(19-2)12(16)7-10/h3-8,15,18H,1-2H3. The van der Waals surface area contributed by atoms with Crippen LogP contribution in [0.3, 0.4) is 0 Å². The van der Waals surface area contributed by atoms with Crippen molar-refractivity contribution < 1.29 is 9.84 Å². The van der Waals surface area contributed by atoms with E-state index in [-0.39, 0.29) is 0 Å². The van der Waals surface area contributed by atoms with E-state index in [1.807, 2.05) is 37.3 Å². The van der Waals surface area contributed by atoms with Crippen LogP contribution in [-0.4, -0.2) is 12.2 Å². The number of methoxy groups -OCH3 is 1. The van der Waals surface area contributed by atoms with Crippen molar-refractivity contribution in [1.82, 2.24) is 0 Å². The molecule has 0 fully saturated rings. The smallest absolute Gasteiger partial charge is 0.133 e. The minimum Gasteiger partial charge on any atom is -0.496 e. The molecule has 1 atom stereocenters. The molecule has 4 heteroatoms. The number of hydrogen-bond donors (Lipinski definition) is 1. The highest BCUT2D eigenvalue weighted by Gasteiger charge is 2.13. The Morgan fingerprint density at radius 3 is 2.37 bits per heavy atom. The van der Waals surface area contributed by atoms with E-state index in [4.69, 9.17) is 16.3 Å². The van der Waals surface area contributed by atoms with Gasteiger partial charge >= 0.3 is 0 Å². The maximum atomic E-state index is 10.4. The molecular weight excluding hydrogens is 328 g/mol. The second kappa shape index (κ2) is 5.95. The van der Waals surface area contributed by atoms with Gasteiger partial charge in [-0.3, -0.25) is 0 Å². The summed E-state index contributed by atoms with van der Waals surface area (Å²) in [4.78, 5) is 0. The second-order valence-electron chi connectivity index (χ2n) is 4.31. The zero-order valence-corrected chi connectivity index (χ0v) is 13.0. The van der Waals surface area contributed by atoms with E-state index >= 15 is 0 Å². The molecule has 0 spiro atoms. The fourth-order valence-electron chi connectivity index (χ4n) is 1.82. The number of halogens is 2. The van der Waals surface area contributed by atoms with Crippen molar-refractivity contribution in [3.63, 3.8) is 0 Å². The molecule has 2 aromatic rings. The number of ether oxygens (including phenoxy) is 1. The molecular formula is C15H14BrClO2. The molecule has 1 N–H and O–H groups in total. The summed E-state index contributed by atoms with van der Waals surface area (Å²) in [6, 6.07) is 11.1. The number of rotatable bonds is 3. The molecule has 0 aliphatic heterocycles. The molecule has 0 aliphatic rings. The number of hydrogen-bond acceptors (Lipinski definition) is 2. The lowest BCUT2D eigenvalue weighted by molar-refractivity contribution is 0.220. The fraction of sp³-hybridized carbons (Fsp3) is 0.200. The fourth-order valence-corrected chi connectivity index (χ4v) is 2.57. The van der Waals surface area contributed by atoms with Crippen molar-refractivity contribution in [3.8, 4) is 5.75 Å². The van der Waals surface area contributed by atoms with Crippen molar-refractivity contribution in [2.45, 2.75) is 13.0 Å². The van der Waals surface area contributed by atoms with Crippen LogP contribution in [0.5, 0.6) is 5.75 Å². The van der Waals surface area contributed by atoms with Crippen molar-refractivity contribution in [1.29, 1.82) is 0 Å². The molecule has 0 aromatic heterocycles. The Hall–Kier alpha value is -1.03. The van der Waals surface area contributed by atoms with Gasteiger partial charge in [-0.2, -0.15) is 0 Å². The summed E-state index contributed by atoms with van der Waals surface area (Å²) in [6.45, 7) is 1.93. The van der Waals surface area contributed by atoms with Crippen LogP contribution in [0.1, 0.15) is 22.8 Å². The van der Waals surface area contributed by atoms with E-state index in [9.17, 15) is 5.11 Å². The first-order valence-corrected chi connectivity index (χ1v) is 6.97. The number of aliphatic hydroxyl groups is 1. The molecule has 2 aromatic carbocycles. The van der Waals surface area contributed by atoms with Crippen LogP contribution >= 0.6 is 27.5 Å². The molecule has 0 saturated heterocycles. The molecule has 0 radical (unpaired) electrons. The lowest BCUT2D eigenvalue weighted by Gasteiger charge is -2.14. The molecule has 0 aliphatic carbocycles. The zero-order chi connectivity index (χ0) is 14.0. The first kappa shape index (κ1) is 14.4. The van der Waals surface area contributed by atoms with Gasteiger partial charge < -0.3 is 9.84 Å². The zero-order valence-electron chi connectivity index (χ0n) is 10.7. The van der Waals surface area contributed by atoms with Crippen LogP contribution in [0, 0.1) is 6.92 Å². The molecule has 0 amide bonds. The molecule has 2 nitrogen and oxygen atoms in total. The van der Waals surface area contributed by atoms with E-state index in [0.29, 0.717) is 5.02 Å². The second-order valence-corrected chi connectivity index (χ2v) is 5.57. The molecule has 2 rings (SSSR count). The Bertz CT molecular complexity index is 599. The van der Waals surface area contributed by atoms with Crippen molar-refractivity contribution >= 4 is 27.5 Å². The van der Waals surface area contributed by atoms with Gasteiger partial charge in [0.05, 0.1) is 11.6 Å². The third kappa shape index (κ3) is 3.11. The summed E-state index contributed by atoms with van der Waals surface area (Å²) in [7, 11) is 1.61. The Balaban J connectivity index is 2.35. The van der Waals surface area contributed by atoms with Gasteiger partial charge in [0.2, 0.25) is 0 Å². The van der Waals surface area contributed by atoms with E-state index in [1.54, 1.807) is 13.2 Å². The van der Waals surface area contributed by atoms with Gasteiger partial charge in [-0.05, 0) is 57.7 Å². The van der Waals surface area contributed by atoms with E-state index in [0.717, 1.165) is 26.9 Å². The summed E-state index contributed by atoms with van der Waals surface area (Å²) in [5.74, 6) is 0.734. The average Bonchev–Trinajstić information content (AvgIpc) is 2.41. The lowest BCUT2D eigenvalue weighted by atomic mass is 10.0. The van der Waals surface area contributed by atoms with Crippen LogP contribution < -0.4 is 4.74 Å². The Morgan fingerprint density at radius 2 is 1.79 bits per heavy atom. The third-order valence-electron chi connectivity index (χ3n) is 3.00. The van der Waals surface area contributed by atoms with Gasteiger partial charge in [-0.25, -0.2) is 0 Å². The highest BCUT2D eigenvalue weighted by Crippen LogP contribution is 2.31. The van der Waals surface area contributed by atoms with Gasteiger partial charge in [-0.1, -0.05) is 29.8 Å². The average molecular weight is 342 g/mol. The maximum Gasteiger partial charge on any atom is 0.133 e. The molecule has 0 saturated carbocycles. The molecule has 1 unspecified atom stereocenters. The molecule has 0 bridgehead atoms. The van der Waals surface area contributed by atoms with Crippen molar-refractivity contribution in [2.75, 3.05) is 7.11 Å². The monoisotopic (exact) mass is 340 g/mol. The Labute approximate surface area is 126 Å². The van der Waals surface area contributed by atoms with E-state index in [1.165, 1.54) is 0 Å². The molecule has 19 heavy (non-hydrogen) atoms. The first-order valence-electron chi connectivity index (χ1n) is 5.80. The maximum absolute atomic E-state index is 10.4. The topological polar surface area (TPSA) is 29.5 Å². The first-order chi connectivity index (χ1) is 9.02. The van der Waals surface area contributed by atoms with Gasteiger partial charge in [0.15, 0.2) is 0 Å². The van der Waals surface area contributed by atoms with Gasteiger partial charge in [0.25, 0.3) is 0 Å². The quantitative estimate of drug-likeness (QED) is 0.890. The highest BCUT2D eigenvalue weighted by atomic mass is 79.9. The summed E-state index contributed by atoms with van der Waals surface area (Å²) in [5, 5.41) is 11.0. The number of aryl methyl sites for hydroxylation is 1. The highest BCUT2D eigenvalue weighted by molar-refractivity contribution is 9.10. The van der Waals surface area contributed by atoms with Crippen LogP contribution in [-0.2, 0) is 0 Å². The SMILES string of the molecule is COc1ccc(C(O)c2ccc(C)c(Cl)c2)cc1Br. The number of benzene rings is 2. The van der Waals surface area contributed by atoms with Gasteiger partial charge in [-0.15, -0.1) is 0 Å². The van der Waals surface area contributed by atoms with Crippen LogP contribution in [0.2, 0.25) is 5.02 Å². The largest absolute Gasteiger partial charge is 0.496 e. The van der Waals surface area contributed by atoms with E-state index < -0.39 is 6.10 Å². The van der Waals surface area contributed by atoms with Crippen LogP contribution in [0.4, 0.5) is 0 Å². The third-order valence-corrected chi connectivity index (χ3v) is 4.03. The normalized spacial score (nSPS) is 12.3. The van der Waals surface area contributed by atoms with Gasteiger partial charge in [0.1, 0.15) is 11.9 Å². The lowest BCUT2D eigenvalue weighted by Crippen LogP contribution is -2.00. The summed E-state index contributed by atoms with van der Waals surface area (Å²) < 4.78 is 5.98. The predicted octanol–water partition coefficient (Wildman–Crippen LogP) is 4.50. The number of aliphatic hydroxyl groups excluding tert-OH is 1. The minimum absolute atomic E-state index is 0.657. The summed E-state index contributed by atoms with van der Waals surface area (Å²) >= 11 is 9.50. The summed E-state index contributed by atoms with van der Waals surface area (Å²) in [6.07, 6.45) is -0.708. The Morgan fingerprint density at radius 1 is 1.16 bits per heavy atom. The van der Waals surface area contributed by atoms with E-state index in [2.05, 4.69) is 15.9 Å². The van der Waals surface area contributed by atoms with Crippen LogP contribution in [0.25, 0.3) is 0 Å². The minimum atomic E-state index is -0.708. The molecule has 0 heterocycles. The van der Waals surface area contributed by atoms with Crippen LogP contribution in [0.15, 0.2) is 40.9 Å².